The normalized spacial score (nSPS) is 8.62. The molecule has 0 aromatic heterocycles. The molecule has 0 aliphatic heterocycles. The number of ketones is 2. The van der Waals surface area contributed by atoms with Crippen LogP contribution >= 0.6 is 0 Å². The summed E-state index contributed by atoms with van der Waals surface area (Å²) in [5.74, 6) is -1.25. The Morgan fingerprint density at radius 3 is 1.75 bits per heavy atom. The van der Waals surface area contributed by atoms with Crippen molar-refractivity contribution in [3.8, 4) is 0 Å². The molecule has 1 aromatic carbocycles. The second-order valence-corrected chi connectivity index (χ2v) is 3.19. The van der Waals surface area contributed by atoms with Gasteiger partial charge in [-0.05, 0) is 13.8 Å². The summed E-state index contributed by atoms with van der Waals surface area (Å²) in [5, 5.41) is 7.86. The van der Waals surface area contributed by atoms with Crippen molar-refractivity contribution in [3.05, 3.63) is 35.9 Å². The zero-order chi connectivity index (χ0) is 12.6. The van der Waals surface area contributed by atoms with Crippen molar-refractivity contribution in [2.24, 2.45) is 0 Å². The summed E-state index contributed by atoms with van der Waals surface area (Å²) in [4.78, 5) is 30.1. The maximum Gasteiger partial charge on any atom is 0.310 e. The highest BCUT2D eigenvalue weighted by Gasteiger charge is 1.98. The van der Waals surface area contributed by atoms with E-state index in [1.54, 1.807) is 6.92 Å². The SMILES string of the molecule is CC(=O)CC(=O)O.CC(=O)c1ccccc1. The van der Waals surface area contributed by atoms with Gasteiger partial charge in [0.05, 0.1) is 0 Å². The molecule has 0 fully saturated rings. The molecule has 16 heavy (non-hydrogen) atoms. The van der Waals surface area contributed by atoms with E-state index >= 15 is 0 Å². The largest absolute Gasteiger partial charge is 0.481 e. The highest BCUT2D eigenvalue weighted by atomic mass is 16.4. The van der Waals surface area contributed by atoms with Crippen LogP contribution in [0.5, 0.6) is 0 Å². The zero-order valence-electron chi connectivity index (χ0n) is 9.27. The molecule has 0 atom stereocenters. The Morgan fingerprint density at radius 2 is 1.56 bits per heavy atom. The second kappa shape index (κ2) is 7.34. The number of aliphatic carboxylic acids is 1. The van der Waals surface area contributed by atoms with E-state index in [4.69, 9.17) is 5.11 Å². The molecule has 1 aromatic rings. The molecular formula is C12H14O4. The first kappa shape index (κ1) is 14.0. The van der Waals surface area contributed by atoms with E-state index in [9.17, 15) is 14.4 Å². The fourth-order valence-electron chi connectivity index (χ4n) is 0.886. The Balaban J connectivity index is 0.000000293. The molecule has 0 bridgehead atoms. The third kappa shape index (κ3) is 7.44. The van der Waals surface area contributed by atoms with Crippen molar-refractivity contribution in [1.82, 2.24) is 0 Å². The summed E-state index contributed by atoms with van der Waals surface area (Å²) in [6.07, 6.45) is -0.361. The van der Waals surface area contributed by atoms with Crippen molar-refractivity contribution in [2.45, 2.75) is 20.3 Å². The lowest BCUT2D eigenvalue weighted by Crippen LogP contribution is -2.00. The number of carboxylic acid groups (broad SMARTS) is 1. The van der Waals surface area contributed by atoms with Crippen LogP contribution in [0, 0.1) is 0 Å². The van der Waals surface area contributed by atoms with E-state index in [0.29, 0.717) is 0 Å². The molecule has 1 N–H and O–H groups in total. The number of hydrogen-bond acceptors (Lipinski definition) is 3. The Bertz CT molecular complexity index is 356. The van der Waals surface area contributed by atoms with Gasteiger partial charge in [-0.25, -0.2) is 0 Å². The van der Waals surface area contributed by atoms with Crippen LogP contribution in [0.2, 0.25) is 0 Å². The van der Waals surface area contributed by atoms with E-state index in [-0.39, 0.29) is 18.0 Å². The van der Waals surface area contributed by atoms with Gasteiger partial charge in [-0.2, -0.15) is 0 Å². The maximum atomic E-state index is 10.6. The van der Waals surface area contributed by atoms with Gasteiger partial charge in [-0.1, -0.05) is 30.3 Å². The van der Waals surface area contributed by atoms with E-state index in [2.05, 4.69) is 0 Å². The van der Waals surface area contributed by atoms with Crippen molar-refractivity contribution in [1.29, 1.82) is 0 Å². The molecular weight excluding hydrogens is 208 g/mol. The smallest absolute Gasteiger partial charge is 0.310 e. The Hall–Kier alpha value is -1.97. The molecule has 0 heterocycles. The minimum absolute atomic E-state index is 0.121. The van der Waals surface area contributed by atoms with Crippen molar-refractivity contribution < 1.29 is 19.5 Å². The van der Waals surface area contributed by atoms with Crippen LogP contribution in [0.15, 0.2) is 30.3 Å². The lowest BCUT2D eigenvalue weighted by molar-refractivity contribution is -0.139. The maximum absolute atomic E-state index is 10.6. The van der Waals surface area contributed by atoms with Crippen LogP contribution in [0.3, 0.4) is 0 Å². The third-order valence-electron chi connectivity index (χ3n) is 1.58. The highest BCUT2D eigenvalue weighted by Crippen LogP contribution is 1.97. The molecule has 0 amide bonds. The quantitative estimate of drug-likeness (QED) is 0.626. The second-order valence-electron chi connectivity index (χ2n) is 3.19. The first-order chi connectivity index (χ1) is 7.43. The summed E-state index contributed by atoms with van der Waals surface area (Å²) in [5.41, 5.74) is 0.775. The number of carbonyl (C=O) groups is 3. The Labute approximate surface area is 93.9 Å². The highest BCUT2D eigenvalue weighted by molar-refractivity contribution is 5.94. The summed E-state index contributed by atoms with van der Waals surface area (Å²) < 4.78 is 0. The molecule has 0 radical (unpaired) electrons. The molecule has 0 unspecified atom stereocenters. The Kier molecular flexibility index (Phi) is 6.43. The predicted octanol–water partition coefficient (Wildman–Crippen LogP) is 1.94. The van der Waals surface area contributed by atoms with Crippen molar-refractivity contribution in [3.63, 3.8) is 0 Å². The summed E-state index contributed by atoms with van der Waals surface area (Å²) in [7, 11) is 0. The minimum Gasteiger partial charge on any atom is -0.481 e. The number of Topliss-reactive ketones (excluding diaryl/α,β-unsaturated/α-hetero) is 2. The zero-order valence-corrected chi connectivity index (χ0v) is 9.27. The minimum atomic E-state index is -1.06. The lowest BCUT2D eigenvalue weighted by Gasteiger charge is -1.89. The van der Waals surface area contributed by atoms with Crippen LogP contribution in [-0.2, 0) is 9.59 Å². The van der Waals surface area contributed by atoms with Gasteiger partial charge >= 0.3 is 5.97 Å². The Morgan fingerprint density at radius 1 is 1.06 bits per heavy atom. The van der Waals surface area contributed by atoms with Crippen LogP contribution in [-0.4, -0.2) is 22.6 Å². The topological polar surface area (TPSA) is 71.4 Å². The van der Waals surface area contributed by atoms with Crippen LogP contribution in [0.1, 0.15) is 30.6 Å². The molecule has 4 nitrogen and oxygen atoms in total. The molecule has 0 aliphatic rings. The van der Waals surface area contributed by atoms with Crippen molar-refractivity contribution in [2.75, 3.05) is 0 Å². The molecule has 0 saturated heterocycles. The molecule has 0 spiro atoms. The molecule has 0 saturated carbocycles. The van der Waals surface area contributed by atoms with Gasteiger partial charge in [0.15, 0.2) is 5.78 Å². The van der Waals surface area contributed by atoms with Crippen LogP contribution in [0.25, 0.3) is 0 Å². The summed E-state index contributed by atoms with van der Waals surface area (Å²) >= 11 is 0. The molecule has 4 heteroatoms. The van der Waals surface area contributed by atoms with Gasteiger partial charge in [0.2, 0.25) is 0 Å². The first-order valence-corrected chi connectivity index (χ1v) is 4.70. The fourth-order valence-corrected chi connectivity index (χ4v) is 0.886. The van der Waals surface area contributed by atoms with Gasteiger partial charge in [0.25, 0.3) is 0 Å². The van der Waals surface area contributed by atoms with E-state index in [0.717, 1.165) is 5.56 Å². The third-order valence-corrected chi connectivity index (χ3v) is 1.58. The number of benzene rings is 1. The van der Waals surface area contributed by atoms with Gasteiger partial charge in [0, 0.05) is 5.56 Å². The van der Waals surface area contributed by atoms with Crippen LogP contribution < -0.4 is 0 Å². The van der Waals surface area contributed by atoms with Crippen molar-refractivity contribution >= 4 is 17.5 Å². The number of carboxylic acids is 1. The number of carbonyl (C=O) groups excluding carboxylic acids is 2. The standard InChI is InChI=1S/C8H8O.C4H6O3/c1-7(9)8-5-3-2-4-6-8;1-3(5)2-4(6)7/h2-6H,1H3;2H2,1H3,(H,6,7). The van der Waals surface area contributed by atoms with Crippen LogP contribution in [0.4, 0.5) is 0 Å². The van der Waals surface area contributed by atoms with E-state index in [1.165, 1.54) is 6.92 Å². The predicted molar refractivity (Wildman–Crippen MR) is 59.4 cm³/mol. The van der Waals surface area contributed by atoms with Gasteiger partial charge in [-0.15, -0.1) is 0 Å². The average molecular weight is 222 g/mol. The van der Waals surface area contributed by atoms with Gasteiger partial charge in [0.1, 0.15) is 12.2 Å². The molecule has 1 rings (SSSR count). The van der Waals surface area contributed by atoms with E-state index in [1.807, 2.05) is 30.3 Å². The van der Waals surface area contributed by atoms with E-state index < -0.39 is 5.97 Å². The molecule has 86 valence electrons. The first-order valence-electron chi connectivity index (χ1n) is 4.70. The monoisotopic (exact) mass is 222 g/mol. The molecule has 0 aliphatic carbocycles. The van der Waals surface area contributed by atoms with Gasteiger partial charge in [-0.3, -0.25) is 14.4 Å². The average Bonchev–Trinajstić information content (AvgIpc) is 2.17. The number of hydrogen-bond donors (Lipinski definition) is 1. The lowest BCUT2D eigenvalue weighted by atomic mass is 10.2. The fraction of sp³-hybridized carbons (Fsp3) is 0.250. The number of rotatable bonds is 3. The summed E-state index contributed by atoms with van der Waals surface area (Å²) in [6, 6.07) is 9.23. The summed E-state index contributed by atoms with van der Waals surface area (Å²) in [6.45, 7) is 2.81. The van der Waals surface area contributed by atoms with Gasteiger partial charge < -0.3 is 5.11 Å².